The number of tetrazole rings is 1. The molecule has 0 unspecified atom stereocenters. The molecule has 1 aromatic heterocycles. The summed E-state index contributed by atoms with van der Waals surface area (Å²) in [7, 11) is 0. The quantitative estimate of drug-likeness (QED) is 0.649. The van der Waals surface area contributed by atoms with E-state index in [1.165, 1.54) is 0 Å². The molecule has 2 heterocycles. The lowest BCUT2D eigenvalue weighted by molar-refractivity contribution is -0.124. The van der Waals surface area contributed by atoms with E-state index in [1.807, 2.05) is 59.5 Å². The number of carbonyl (C=O) groups is 2. The summed E-state index contributed by atoms with van der Waals surface area (Å²) in [6, 6.07) is 17.3. The fraction of sp³-hybridized carbons (Fsp3) is 0.375. The van der Waals surface area contributed by atoms with E-state index in [9.17, 15) is 9.59 Å². The second kappa shape index (κ2) is 8.53. The average Bonchev–Trinajstić information content (AvgIpc) is 3.44. The zero-order valence-electron chi connectivity index (χ0n) is 17.9. The van der Waals surface area contributed by atoms with E-state index < -0.39 is 5.54 Å². The summed E-state index contributed by atoms with van der Waals surface area (Å²) in [5, 5.41) is 14.9. The molecule has 164 valence electrons. The number of aromatic nitrogens is 4. The van der Waals surface area contributed by atoms with Crippen LogP contribution < -0.4 is 5.32 Å². The molecule has 2 aliphatic rings. The van der Waals surface area contributed by atoms with Gasteiger partial charge >= 0.3 is 0 Å². The number of carbonyl (C=O) groups excluding carboxylic acids is 2. The second-order valence-electron chi connectivity index (χ2n) is 8.63. The highest BCUT2D eigenvalue weighted by Crippen LogP contribution is 2.41. The summed E-state index contributed by atoms with van der Waals surface area (Å²) in [4.78, 5) is 28.2. The molecule has 5 rings (SSSR count). The lowest BCUT2D eigenvalue weighted by Gasteiger charge is -2.44. The number of hydrogen-bond acceptors (Lipinski definition) is 5. The maximum absolute atomic E-state index is 13.2. The third kappa shape index (κ3) is 3.77. The predicted molar refractivity (Wildman–Crippen MR) is 118 cm³/mol. The first kappa shape index (κ1) is 20.4. The molecule has 3 aromatic rings. The van der Waals surface area contributed by atoms with Crippen molar-refractivity contribution < 1.29 is 9.59 Å². The Labute approximate surface area is 186 Å². The van der Waals surface area contributed by atoms with Crippen molar-refractivity contribution in [2.24, 2.45) is 0 Å². The van der Waals surface area contributed by atoms with Crippen molar-refractivity contribution >= 4 is 11.8 Å². The second-order valence-corrected chi connectivity index (χ2v) is 8.63. The molecule has 1 fully saturated rings. The first-order chi connectivity index (χ1) is 15.7. The highest BCUT2D eigenvalue weighted by Gasteiger charge is 2.45. The van der Waals surface area contributed by atoms with Crippen LogP contribution in [0.15, 0.2) is 54.6 Å². The van der Waals surface area contributed by atoms with Gasteiger partial charge in [-0.15, -0.1) is 5.10 Å². The largest absolute Gasteiger partial charge is 0.349 e. The van der Waals surface area contributed by atoms with Crippen LogP contribution in [0, 0.1) is 0 Å². The van der Waals surface area contributed by atoms with Gasteiger partial charge in [-0.05, 0) is 47.0 Å². The molecule has 32 heavy (non-hydrogen) atoms. The van der Waals surface area contributed by atoms with Gasteiger partial charge in [0.15, 0.2) is 5.82 Å². The van der Waals surface area contributed by atoms with Crippen LogP contribution in [0.25, 0.3) is 5.69 Å². The molecule has 0 radical (unpaired) electrons. The normalized spacial score (nSPS) is 17.2. The molecule has 2 aromatic carbocycles. The summed E-state index contributed by atoms with van der Waals surface area (Å²) < 4.78 is 1.62. The van der Waals surface area contributed by atoms with E-state index >= 15 is 0 Å². The van der Waals surface area contributed by atoms with Gasteiger partial charge < -0.3 is 10.2 Å². The van der Waals surface area contributed by atoms with Crippen molar-refractivity contribution in [3.05, 3.63) is 71.5 Å². The van der Waals surface area contributed by atoms with Crippen LogP contribution in [-0.2, 0) is 17.9 Å². The number of nitrogens with zero attached hydrogens (tertiary/aromatic N) is 5. The topological polar surface area (TPSA) is 93.0 Å². The standard InChI is InChI=1S/C24H26N6O2/c31-22(25-16-21-26-27-28-30(21)19-10-3-1-4-11-19)15-24(13-7-2-8-14-24)29-17-18-9-5-6-12-20(18)23(29)32/h1,3-6,9-12H,2,7-8,13-17H2,(H,25,31). The molecule has 0 spiro atoms. The van der Waals surface area contributed by atoms with Crippen LogP contribution >= 0.6 is 0 Å². The third-order valence-corrected chi connectivity index (χ3v) is 6.65. The Morgan fingerprint density at radius 1 is 1.00 bits per heavy atom. The molecule has 1 aliphatic carbocycles. The summed E-state index contributed by atoms with van der Waals surface area (Å²) >= 11 is 0. The first-order valence-electron chi connectivity index (χ1n) is 11.2. The Balaban J connectivity index is 1.30. The molecule has 0 bridgehead atoms. The van der Waals surface area contributed by atoms with Crippen molar-refractivity contribution in [3.8, 4) is 5.69 Å². The molecule has 0 saturated heterocycles. The van der Waals surface area contributed by atoms with Crippen molar-refractivity contribution in [2.75, 3.05) is 0 Å². The Kier molecular flexibility index (Phi) is 5.43. The molecule has 8 heteroatoms. The first-order valence-corrected chi connectivity index (χ1v) is 11.2. The smallest absolute Gasteiger partial charge is 0.254 e. The third-order valence-electron chi connectivity index (χ3n) is 6.65. The Hall–Kier alpha value is -3.55. The summed E-state index contributed by atoms with van der Waals surface area (Å²) in [5.74, 6) is 0.522. The van der Waals surface area contributed by atoms with Crippen LogP contribution in [0.2, 0.25) is 0 Å². The van der Waals surface area contributed by atoms with Gasteiger partial charge in [0.25, 0.3) is 5.91 Å². The van der Waals surface area contributed by atoms with Crippen LogP contribution in [0.4, 0.5) is 0 Å². The van der Waals surface area contributed by atoms with E-state index in [1.54, 1.807) is 4.68 Å². The molecule has 1 saturated carbocycles. The summed E-state index contributed by atoms with van der Waals surface area (Å²) in [6.07, 6.45) is 5.19. The van der Waals surface area contributed by atoms with E-state index in [2.05, 4.69) is 20.8 Å². The van der Waals surface area contributed by atoms with Gasteiger partial charge in [0.1, 0.15) is 0 Å². The molecule has 0 atom stereocenters. The lowest BCUT2D eigenvalue weighted by atomic mass is 9.77. The number of nitrogens with one attached hydrogen (secondary N) is 1. The Morgan fingerprint density at radius 3 is 2.53 bits per heavy atom. The van der Waals surface area contributed by atoms with Gasteiger partial charge in [-0.3, -0.25) is 9.59 Å². The molecule has 1 aliphatic heterocycles. The maximum atomic E-state index is 13.2. The lowest BCUT2D eigenvalue weighted by Crippen LogP contribution is -2.52. The van der Waals surface area contributed by atoms with Gasteiger partial charge in [-0.25, -0.2) is 0 Å². The minimum Gasteiger partial charge on any atom is -0.349 e. The van der Waals surface area contributed by atoms with Crippen LogP contribution in [0.5, 0.6) is 0 Å². The fourth-order valence-corrected chi connectivity index (χ4v) is 5.01. The number of para-hydroxylation sites is 1. The minimum absolute atomic E-state index is 0.0447. The predicted octanol–water partition coefficient (Wildman–Crippen LogP) is 3.03. The number of hydrogen-bond donors (Lipinski definition) is 1. The molecular weight excluding hydrogens is 404 g/mol. The highest BCUT2D eigenvalue weighted by atomic mass is 16.2. The molecule has 2 amide bonds. The Bertz CT molecular complexity index is 1120. The maximum Gasteiger partial charge on any atom is 0.254 e. The monoisotopic (exact) mass is 430 g/mol. The zero-order valence-corrected chi connectivity index (χ0v) is 17.9. The molecular formula is C24H26N6O2. The van der Waals surface area contributed by atoms with Crippen LogP contribution in [0.1, 0.15) is 60.3 Å². The van der Waals surface area contributed by atoms with Crippen molar-refractivity contribution in [2.45, 2.75) is 57.2 Å². The van der Waals surface area contributed by atoms with Crippen molar-refractivity contribution in [3.63, 3.8) is 0 Å². The highest BCUT2D eigenvalue weighted by molar-refractivity contribution is 5.99. The number of amides is 2. The summed E-state index contributed by atoms with van der Waals surface area (Å²) in [5.41, 5.74) is 2.21. The van der Waals surface area contributed by atoms with Crippen LogP contribution in [0.3, 0.4) is 0 Å². The van der Waals surface area contributed by atoms with E-state index in [4.69, 9.17) is 0 Å². The van der Waals surface area contributed by atoms with E-state index in [0.717, 1.165) is 48.9 Å². The number of benzene rings is 2. The van der Waals surface area contributed by atoms with Gasteiger partial charge in [0.2, 0.25) is 5.91 Å². The van der Waals surface area contributed by atoms with Gasteiger partial charge in [0.05, 0.1) is 17.8 Å². The fourth-order valence-electron chi connectivity index (χ4n) is 5.01. The molecule has 8 nitrogen and oxygen atoms in total. The zero-order chi connectivity index (χ0) is 22.0. The number of rotatable bonds is 6. The number of fused-ring (bicyclic) bond motifs is 1. The Morgan fingerprint density at radius 2 is 1.75 bits per heavy atom. The van der Waals surface area contributed by atoms with Gasteiger partial charge in [-0.1, -0.05) is 55.7 Å². The van der Waals surface area contributed by atoms with Gasteiger partial charge in [-0.2, -0.15) is 4.68 Å². The molecule has 1 N–H and O–H groups in total. The van der Waals surface area contributed by atoms with Crippen molar-refractivity contribution in [1.29, 1.82) is 0 Å². The minimum atomic E-state index is -0.441. The van der Waals surface area contributed by atoms with E-state index in [0.29, 0.717) is 18.8 Å². The summed E-state index contributed by atoms with van der Waals surface area (Å²) in [6.45, 7) is 0.805. The average molecular weight is 431 g/mol. The van der Waals surface area contributed by atoms with Crippen molar-refractivity contribution in [1.82, 2.24) is 30.4 Å². The van der Waals surface area contributed by atoms with E-state index in [-0.39, 0.29) is 18.4 Å². The van der Waals surface area contributed by atoms with Gasteiger partial charge in [0, 0.05) is 18.5 Å². The SMILES string of the molecule is O=C(CC1(N2Cc3ccccc3C2=O)CCCCC1)NCc1nnnn1-c1ccccc1. The van der Waals surface area contributed by atoms with Crippen LogP contribution in [-0.4, -0.2) is 42.5 Å².